The molecule has 0 aliphatic carbocycles. The van der Waals surface area contributed by atoms with E-state index >= 15 is 0 Å². The molecule has 13 heteroatoms. The van der Waals surface area contributed by atoms with Gasteiger partial charge in [0.15, 0.2) is 11.9 Å². The van der Waals surface area contributed by atoms with E-state index in [1.807, 2.05) is 32.0 Å². The van der Waals surface area contributed by atoms with Gasteiger partial charge in [0, 0.05) is 13.0 Å². The Morgan fingerprint density at radius 2 is 1.77 bits per heavy atom. The van der Waals surface area contributed by atoms with Crippen LogP contribution in [-0.4, -0.2) is 66.0 Å². The van der Waals surface area contributed by atoms with Crippen LogP contribution in [-0.2, 0) is 19.6 Å². The van der Waals surface area contributed by atoms with Crippen molar-refractivity contribution in [3.8, 4) is 5.75 Å². The zero-order chi connectivity index (χ0) is 31.8. The summed E-state index contributed by atoms with van der Waals surface area (Å²) in [6.07, 6.45) is 0.207. The molecule has 230 valence electrons. The highest BCUT2D eigenvalue weighted by Crippen LogP contribution is 2.35. The van der Waals surface area contributed by atoms with Crippen LogP contribution in [0.25, 0.3) is 0 Å². The van der Waals surface area contributed by atoms with E-state index in [9.17, 15) is 22.8 Å². The van der Waals surface area contributed by atoms with Gasteiger partial charge < -0.3 is 15.4 Å². The number of aryl methyl sites for hydroxylation is 2. The second-order valence-corrected chi connectivity index (χ2v) is 13.3. The molecular formula is C31H32ClN5O6S. The van der Waals surface area contributed by atoms with Crippen molar-refractivity contribution in [1.29, 1.82) is 0 Å². The van der Waals surface area contributed by atoms with E-state index in [1.165, 1.54) is 26.0 Å². The number of carbonyl (C=O) groups excluding carboxylic acids is 3. The number of para-hydroxylation sites is 2. The number of imide groups is 1. The quantitative estimate of drug-likeness (QED) is 0.255. The summed E-state index contributed by atoms with van der Waals surface area (Å²) in [5, 5.41) is 5.43. The molecule has 1 atom stereocenters. The van der Waals surface area contributed by atoms with Gasteiger partial charge in [-0.3, -0.25) is 13.9 Å². The number of nitrogens with one attached hydrogen (secondary N) is 2. The van der Waals surface area contributed by atoms with Crippen molar-refractivity contribution in [2.45, 2.75) is 50.6 Å². The Morgan fingerprint density at radius 1 is 1.07 bits per heavy atom. The van der Waals surface area contributed by atoms with Crippen LogP contribution in [0.3, 0.4) is 0 Å². The average Bonchev–Trinajstić information content (AvgIpc) is 3.16. The monoisotopic (exact) mass is 637 g/mol. The molecule has 0 aromatic heterocycles. The van der Waals surface area contributed by atoms with Crippen LogP contribution < -0.4 is 15.4 Å². The van der Waals surface area contributed by atoms with E-state index < -0.39 is 39.4 Å². The third-order valence-corrected chi connectivity index (χ3v) is 9.47. The number of aliphatic imine (C=N–C) groups is 1. The molecule has 0 saturated carbocycles. The maximum atomic E-state index is 14.1. The van der Waals surface area contributed by atoms with Crippen LogP contribution in [0, 0.1) is 13.8 Å². The molecule has 2 heterocycles. The molecule has 0 spiro atoms. The van der Waals surface area contributed by atoms with Crippen molar-refractivity contribution in [3.63, 3.8) is 0 Å². The van der Waals surface area contributed by atoms with Gasteiger partial charge in [0.1, 0.15) is 16.2 Å². The number of fused-ring (bicyclic) bond motifs is 1. The predicted molar refractivity (Wildman–Crippen MR) is 167 cm³/mol. The van der Waals surface area contributed by atoms with Crippen molar-refractivity contribution in [2.75, 3.05) is 18.5 Å². The summed E-state index contributed by atoms with van der Waals surface area (Å²) in [7, 11) is -4.27. The first-order chi connectivity index (χ1) is 20.8. The number of nitrogens with zero attached hydrogens (tertiary/aromatic N) is 3. The van der Waals surface area contributed by atoms with Gasteiger partial charge in [-0.2, -0.15) is 0 Å². The molecule has 3 aromatic rings. The zero-order valence-electron chi connectivity index (χ0n) is 24.6. The van der Waals surface area contributed by atoms with E-state index in [0.29, 0.717) is 10.6 Å². The van der Waals surface area contributed by atoms with Crippen LogP contribution in [0.2, 0.25) is 5.02 Å². The van der Waals surface area contributed by atoms with Gasteiger partial charge in [-0.25, -0.2) is 23.1 Å². The minimum absolute atomic E-state index is 0.0677. The van der Waals surface area contributed by atoms with E-state index in [-0.39, 0.29) is 46.7 Å². The van der Waals surface area contributed by atoms with Crippen molar-refractivity contribution < 1.29 is 27.5 Å². The number of sulfonamides is 1. The van der Waals surface area contributed by atoms with Gasteiger partial charge >= 0.3 is 6.03 Å². The Hall–Kier alpha value is -4.42. The lowest BCUT2D eigenvalue weighted by Gasteiger charge is -2.35. The molecule has 4 amide bonds. The smallest absolute Gasteiger partial charge is 0.326 e. The summed E-state index contributed by atoms with van der Waals surface area (Å²) < 4.78 is 35.0. The van der Waals surface area contributed by atoms with Crippen molar-refractivity contribution in [3.05, 3.63) is 82.9 Å². The van der Waals surface area contributed by atoms with E-state index in [4.69, 9.17) is 16.3 Å². The van der Waals surface area contributed by atoms with E-state index in [1.54, 1.807) is 36.4 Å². The van der Waals surface area contributed by atoms with Crippen LogP contribution in [0.4, 0.5) is 16.2 Å². The third kappa shape index (κ3) is 5.87. The summed E-state index contributed by atoms with van der Waals surface area (Å²) in [6.45, 7) is 6.88. The topological polar surface area (TPSA) is 137 Å². The minimum Gasteiger partial charge on any atom is -0.493 e. The number of rotatable bonds is 9. The van der Waals surface area contributed by atoms with Crippen LogP contribution in [0.15, 0.2) is 76.6 Å². The maximum absolute atomic E-state index is 14.1. The SMILES string of the molecule is Cc1ccc(OCCCN2C(C(C(=O)Nc3ccccc3Cl)N3C(=O)NC(C)(C)C3=O)=Nc3ccccc3S2(=O)=O)c(C)c1. The standard InChI is InChI=1S/C31H32ClN5O6S/c1-19-14-15-24(20(2)18-19)43-17-9-16-36-27(33-23-12-7-8-13-25(23)44(36,41)42)26(37-29(39)31(3,4)35-30(37)40)28(38)34-22-11-6-5-10-21(22)32/h5-8,10-15,18,26H,9,16-17H2,1-4H3,(H,34,38)(H,35,40). The lowest BCUT2D eigenvalue weighted by molar-refractivity contribution is -0.134. The summed E-state index contributed by atoms with van der Waals surface area (Å²) >= 11 is 6.29. The third-order valence-electron chi connectivity index (χ3n) is 7.29. The van der Waals surface area contributed by atoms with E-state index in [2.05, 4.69) is 15.6 Å². The molecule has 1 saturated heterocycles. The molecule has 0 bridgehead atoms. The van der Waals surface area contributed by atoms with Gasteiger partial charge in [-0.1, -0.05) is 53.6 Å². The predicted octanol–water partition coefficient (Wildman–Crippen LogP) is 4.80. The minimum atomic E-state index is -4.27. The van der Waals surface area contributed by atoms with Crippen molar-refractivity contribution >= 4 is 56.7 Å². The highest BCUT2D eigenvalue weighted by molar-refractivity contribution is 7.90. The molecule has 5 rings (SSSR count). The number of urea groups is 1. The number of anilines is 1. The largest absolute Gasteiger partial charge is 0.493 e. The molecule has 2 aliphatic rings. The summed E-state index contributed by atoms with van der Waals surface area (Å²) in [5.74, 6) is -1.24. The zero-order valence-corrected chi connectivity index (χ0v) is 26.2. The number of carbonyl (C=O) groups is 3. The molecule has 2 N–H and O–H groups in total. The average molecular weight is 638 g/mol. The molecule has 44 heavy (non-hydrogen) atoms. The van der Waals surface area contributed by atoms with Crippen molar-refractivity contribution in [2.24, 2.45) is 4.99 Å². The van der Waals surface area contributed by atoms with Gasteiger partial charge in [-0.05, 0) is 63.6 Å². The number of benzene rings is 3. The highest BCUT2D eigenvalue weighted by atomic mass is 35.5. The second kappa shape index (κ2) is 11.9. The number of amidine groups is 1. The lowest BCUT2D eigenvalue weighted by Crippen LogP contribution is -2.59. The van der Waals surface area contributed by atoms with Gasteiger partial charge in [0.05, 0.1) is 23.0 Å². The molecular weight excluding hydrogens is 606 g/mol. The van der Waals surface area contributed by atoms with Crippen LogP contribution >= 0.6 is 11.6 Å². The second-order valence-electron chi connectivity index (χ2n) is 11.1. The number of amides is 4. The fraction of sp³-hybridized carbons (Fsp3) is 0.290. The van der Waals surface area contributed by atoms with Gasteiger partial charge in [-0.15, -0.1) is 0 Å². The maximum Gasteiger partial charge on any atom is 0.326 e. The molecule has 0 radical (unpaired) electrons. The number of ether oxygens (including phenoxy) is 1. The first kappa shape index (κ1) is 31.0. The van der Waals surface area contributed by atoms with Crippen LogP contribution in [0.5, 0.6) is 5.75 Å². The normalized spacial score (nSPS) is 17.4. The number of halogens is 1. The van der Waals surface area contributed by atoms with Gasteiger partial charge in [0.2, 0.25) is 0 Å². The van der Waals surface area contributed by atoms with Crippen LogP contribution in [0.1, 0.15) is 31.4 Å². The molecule has 1 fully saturated rings. The Labute approximate surface area is 260 Å². The summed E-state index contributed by atoms with van der Waals surface area (Å²) in [5.41, 5.74) is 0.954. The van der Waals surface area contributed by atoms with E-state index in [0.717, 1.165) is 15.4 Å². The Balaban J connectivity index is 1.55. The fourth-order valence-corrected chi connectivity index (χ4v) is 6.90. The van der Waals surface area contributed by atoms with Gasteiger partial charge in [0.25, 0.3) is 21.8 Å². The Morgan fingerprint density at radius 3 is 2.45 bits per heavy atom. The first-order valence-electron chi connectivity index (χ1n) is 13.9. The number of hydrogen-bond acceptors (Lipinski definition) is 7. The molecule has 1 unspecified atom stereocenters. The summed E-state index contributed by atoms with van der Waals surface area (Å²) in [4.78, 5) is 46.0. The lowest BCUT2D eigenvalue weighted by atomic mass is 10.1. The van der Waals surface area contributed by atoms with Crippen molar-refractivity contribution in [1.82, 2.24) is 14.5 Å². The summed E-state index contributed by atoms with van der Waals surface area (Å²) in [6, 6.07) is 15.6. The Kier molecular flexibility index (Phi) is 8.41. The number of hydrogen-bond donors (Lipinski definition) is 2. The Bertz CT molecular complexity index is 1790. The first-order valence-corrected chi connectivity index (χ1v) is 15.7. The highest BCUT2D eigenvalue weighted by Gasteiger charge is 2.53. The molecule has 2 aliphatic heterocycles. The molecule has 11 nitrogen and oxygen atoms in total. The molecule has 3 aromatic carbocycles. The fourth-order valence-electron chi connectivity index (χ4n) is 5.10.